The van der Waals surface area contributed by atoms with Gasteiger partial charge in [0.25, 0.3) is 0 Å². The number of benzene rings is 2. The van der Waals surface area contributed by atoms with Gasteiger partial charge in [-0.25, -0.2) is 18.4 Å². The Bertz CT molecular complexity index is 1100. The van der Waals surface area contributed by atoms with Crippen molar-refractivity contribution in [3.63, 3.8) is 0 Å². The molecule has 1 aliphatic rings. The van der Waals surface area contributed by atoms with Gasteiger partial charge in [-0.1, -0.05) is 48.9 Å². The molecule has 0 radical (unpaired) electrons. The molecule has 0 aliphatic heterocycles. The number of nitrogens with zero attached hydrogens (tertiary/aromatic N) is 3. The van der Waals surface area contributed by atoms with Crippen molar-refractivity contribution >= 4 is 29.4 Å². The molecular formula is C26H28ClF2N3OS. The highest BCUT2D eigenvalue weighted by Crippen LogP contribution is 2.42. The summed E-state index contributed by atoms with van der Waals surface area (Å²) in [6.45, 7) is 1.93. The molecule has 1 aliphatic carbocycles. The van der Waals surface area contributed by atoms with Crippen LogP contribution in [0.5, 0.6) is 0 Å². The van der Waals surface area contributed by atoms with E-state index in [1.807, 2.05) is 31.2 Å². The minimum absolute atomic E-state index is 0.0306. The highest BCUT2D eigenvalue weighted by molar-refractivity contribution is 8.00. The summed E-state index contributed by atoms with van der Waals surface area (Å²) >= 11 is 7.62. The SMILES string of the molecule is C[C@@H](SC1CCC(C=Cc2ccc(Cl)cc2)CC1)[C@](O)(Cn1cncn1)c1ccc(F)cc1F. The first-order valence-corrected chi connectivity index (χ1v) is 12.7. The molecule has 2 aromatic carbocycles. The van der Waals surface area contributed by atoms with Crippen molar-refractivity contribution in [2.75, 3.05) is 0 Å². The first-order chi connectivity index (χ1) is 16.3. The molecule has 0 bridgehead atoms. The molecule has 1 heterocycles. The highest BCUT2D eigenvalue weighted by atomic mass is 35.5. The lowest BCUT2D eigenvalue weighted by atomic mass is 9.88. The van der Waals surface area contributed by atoms with E-state index in [4.69, 9.17) is 11.6 Å². The highest BCUT2D eigenvalue weighted by Gasteiger charge is 2.41. The zero-order valence-corrected chi connectivity index (χ0v) is 20.5. The Balaban J connectivity index is 1.41. The van der Waals surface area contributed by atoms with E-state index in [9.17, 15) is 13.9 Å². The lowest BCUT2D eigenvalue weighted by molar-refractivity contribution is 0.0131. The fraction of sp³-hybridized carbons (Fsp3) is 0.385. The van der Waals surface area contributed by atoms with E-state index in [0.717, 1.165) is 42.3 Å². The summed E-state index contributed by atoms with van der Waals surface area (Å²) in [5.41, 5.74) is -0.361. The fourth-order valence-corrected chi connectivity index (χ4v) is 6.15. The lowest BCUT2D eigenvalue weighted by Gasteiger charge is -2.37. The van der Waals surface area contributed by atoms with Crippen LogP contribution in [0.15, 0.2) is 61.2 Å². The average Bonchev–Trinajstić information content (AvgIpc) is 3.32. The summed E-state index contributed by atoms with van der Waals surface area (Å²) in [6, 6.07) is 11.1. The summed E-state index contributed by atoms with van der Waals surface area (Å²) in [6.07, 6.45) is 11.4. The van der Waals surface area contributed by atoms with E-state index in [1.54, 1.807) is 11.8 Å². The standard InChI is InChI=1S/C26H28ClF2N3OS/c1-18(26(33,15-32-17-30-16-31-32)24-13-10-22(28)14-25(24)29)34-23-11-6-20(7-12-23)3-2-19-4-8-21(27)9-5-19/h2-5,8-10,13-14,16-18,20,23,33H,6-7,11-12,15H2,1H3/t18-,20?,23?,26-/m1/s1. The zero-order chi connectivity index (χ0) is 24.1. The van der Waals surface area contributed by atoms with Crippen LogP contribution >= 0.6 is 23.4 Å². The van der Waals surface area contributed by atoms with Crippen molar-refractivity contribution in [1.29, 1.82) is 0 Å². The number of aromatic nitrogens is 3. The second-order valence-corrected chi connectivity index (χ2v) is 10.9. The maximum absolute atomic E-state index is 14.7. The van der Waals surface area contributed by atoms with Gasteiger partial charge in [-0.05, 0) is 55.4 Å². The van der Waals surface area contributed by atoms with Gasteiger partial charge in [-0.15, -0.1) is 0 Å². The zero-order valence-electron chi connectivity index (χ0n) is 18.9. The Morgan fingerprint density at radius 2 is 1.91 bits per heavy atom. The van der Waals surface area contributed by atoms with Gasteiger partial charge in [0.2, 0.25) is 0 Å². The molecule has 1 fully saturated rings. The lowest BCUT2D eigenvalue weighted by Crippen LogP contribution is -2.42. The normalized spacial score (nSPS) is 21.4. The van der Waals surface area contributed by atoms with E-state index in [-0.39, 0.29) is 17.4 Å². The molecule has 1 saturated carbocycles. The van der Waals surface area contributed by atoms with Crippen LogP contribution in [0, 0.1) is 17.6 Å². The van der Waals surface area contributed by atoms with Gasteiger partial charge in [0.15, 0.2) is 0 Å². The first-order valence-electron chi connectivity index (χ1n) is 11.4. The van der Waals surface area contributed by atoms with Crippen molar-refractivity contribution in [3.05, 3.63) is 89.0 Å². The van der Waals surface area contributed by atoms with Gasteiger partial charge in [0, 0.05) is 27.2 Å². The van der Waals surface area contributed by atoms with E-state index in [0.29, 0.717) is 11.2 Å². The van der Waals surface area contributed by atoms with Crippen LogP contribution in [0.3, 0.4) is 0 Å². The van der Waals surface area contributed by atoms with Crippen molar-refractivity contribution < 1.29 is 13.9 Å². The predicted octanol–water partition coefficient (Wildman–Crippen LogP) is 6.49. The van der Waals surface area contributed by atoms with E-state index in [1.165, 1.54) is 29.5 Å². The van der Waals surface area contributed by atoms with Crippen LogP contribution in [-0.4, -0.2) is 30.4 Å². The molecule has 4 nitrogen and oxygen atoms in total. The molecule has 2 atom stereocenters. The predicted molar refractivity (Wildman–Crippen MR) is 134 cm³/mol. The Morgan fingerprint density at radius 1 is 1.18 bits per heavy atom. The maximum atomic E-state index is 14.7. The van der Waals surface area contributed by atoms with Crippen LogP contribution in [0.1, 0.15) is 43.7 Å². The molecule has 8 heteroatoms. The molecular weight excluding hydrogens is 476 g/mol. The third kappa shape index (κ3) is 6.06. The van der Waals surface area contributed by atoms with Crippen LogP contribution in [0.4, 0.5) is 8.78 Å². The van der Waals surface area contributed by atoms with Crippen molar-refractivity contribution in [2.24, 2.45) is 5.92 Å². The third-order valence-electron chi connectivity index (χ3n) is 6.49. The Kier molecular flexibility index (Phi) is 8.06. The third-order valence-corrected chi connectivity index (χ3v) is 8.39. The molecule has 4 rings (SSSR count). The fourth-order valence-electron chi connectivity index (χ4n) is 4.47. The monoisotopic (exact) mass is 503 g/mol. The van der Waals surface area contributed by atoms with Gasteiger partial charge >= 0.3 is 0 Å². The smallest absolute Gasteiger partial charge is 0.137 e. The summed E-state index contributed by atoms with van der Waals surface area (Å²) < 4.78 is 29.8. The average molecular weight is 504 g/mol. The van der Waals surface area contributed by atoms with E-state index < -0.39 is 17.2 Å². The minimum Gasteiger partial charge on any atom is -0.382 e. The number of aliphatic hydroxyl groups is 1. The number of rotatable bonds is 8. The van der Waals surface area contributed by atoms with Gasteiger partial charge < -0.3 is 5.11 Å². The summed E-state index contributed by atoms with van der Waals surface area (Å²) in [5, 5.41) is 16.5. The van der Waals surface area contributed by atoms with Crippen LogP contribution in [0.2, 0.25) is 5.02 Å². The van der Waals surface area contributed by atoms with Crippen LogP contribution in [0.25, 0.3) is 6.08 Å². The number of hydrogen-bond acceptors (Lipinski definition) is 4. The Hall–Kier alpha value is -2.22. The molecule has 34 heavy (non-hydrogen) atoms. The second-order valence-electron chi connectivity index (χ2n) is 8.87. The van der Waals surface area contributed by atoms with E-state index in [2.05, 4.69) is 22.2 Å². The number of allylic oxidation sites excluding steroid dienone is 1. The largest absolute Gasteiger partial charge is 0.382 e. The van der Waals surface area contributed by atoms with Crippen LogP contribution < -0.4 is 0 Å². The molecule has 1 N–H and O–H groups in total. The molecule has 3 aromatic rings. The molecule has 0 saturated heterocycles. The molecule has 1 aromatic heterocycles. The first kappa shape index (κ1) is 24.9. The van der Waals surface area contributed by atoms with Crippen molar-refractivity contribution in [3.8, 4) is 0 Å². The van der Waals surface area contributed by atoms with Crippen molar-refractivity contribution in [2.45, 2.75) is 55.3 Å². The van der Waals surface area contributed by atoms with Crippen molar-refractivity contribution in [1.82, 2.24) is 14.8 Å². The molecule has 0 spiro atoms. The molecule has 0 unspecified atom stereocenters. The molecule has 180 valence electrons. The summed E-state index contributed by atoms with van der Waals surface area (Å²) in [5.74, 6) is -0.924. The summed E-state index contributed by atoms with van der Waals surface area (Å²) in [4.78, 5) is 3.93. The minimum atomic E-state index is -1.57. The Morgan fingerprint density at radius 3 is 2.56 bits per heavy atom. The molecule has 0 amide bonds. The van der Waals surface area contributed by atoms with Gasteiger partial charge in [-0.2, -0.15) is 16.9 Å². The Labute approximate surface area is 208 Å². The van der Waals surface area contributed by atoms with Gasteiger partial charge in [0.1, 0.15) is 29.9 Å². The van der Waals surface area contributed by atoms with Gasteiger partial charge in [0.05, 0.1) is 6.54 Å². The second kappa shape index (κ2) is 11.0. The number of halogens is 3. The maximum Gasteiger partial charge on any atom is 0.137 e. The van der Waals surface area contributed by atoms with E-state index >= 15 is 0 Å². The topological polar surface area (TPSA) is 50.9 Å². The van der Waals surface area contributed by atoms with Crippen LogP contribution in [-0.2, 0) is 12.1 Å². The quantitative estimate of drug-likeness (QED) is 0.381. The summed E-state index contributed by atoms with van der Waals surface area (Å²) in [7, 11) is 0. The number of thioether (sulfide) groups is 1. The number of hydrogen-bond donors (Lipinski definition) is 1. The van der Waals surface area contributed by atoms with Gasteiger partial charge in [-0.3, -0.25) is 0 Å².